The first-order valence-corrected chi connectivity index (χ1v) is 18.7. The van der Waals surface area contributed by atoms with Crippen LogP contribution >= 0.6 is 11.3 Å². The van der Waals surface area contributed by atoms with E-state index in [1.165, 1.54) is 70.2 Å². The number of fused-ring (bicyclic) bond motifs is 6. The van der Waals surface area contributed by atoms with E-state index in [0.717, 1.165) is 17.1 Å². The molecule has 52 heavy (non-hydrogen) atoms. The Balaban J connectivity index is 1.12. The van der Waals surface area contributed by atoms with Gasteiger partial charge in [0.1, 0.15) is 0 Å². The minimum Gasteiger partial charge on any atom is -0.310 e. The van der Waals surface area contributed by atoms with Gasteiger partial charge in [-0.3, -0.25) is 0 Å². The smallest absolute Gasteiger partial charge is 0.0468 e. The van der Waals surface area contributed by atoms with Crippen molar-refractivity contribution in [3.05, 3.63) is 211 Å². The normalized spacial score (nSPS) is 12.9. The summed E-state index contributed by atoms with van der Waals surface area (Å²) in [6, 6.07) is 71.0. The first-order chi connectivity index (χ1) is 25.7. The lowest BCUT2D eigenvalue weighted by Crippen LogP contribution is -2.22. The fourth-order valence-electron chi connectivity index (χ4n) is 8.38. The highest BCUT2D eigenvalue weighted by Crippen LogP contribution is 2.55. The molecule has 0 fully saturated rings. The quantitative estimate of drug-likeness (QED) is 0.169. The molecule has 0 radical (unpaired) electrons. The Labute approximate surface area is 308 Å². The van der Waals surface area contributed by atoms with Gasteiger partial charge < -0.3 is 4.90 Å². The molecule has 10 rings (SSSR count). The minimum atomic E-state index is -0.247. The number of rotatable bonds is 6. The molecule has 1 aliphatic carbocycles. The Morgan fingerprint density at radius 3 is 1.40 bits per heavy atom. The summed E-state index contributed by atoms with van der Waals surface area (Å²) < 4.78 is 2.66. The topological polar surface area (TPSA) is 3.24 Å². The Hall–Kier alpha value is -6.22. The summed E-state index contributed by atoms with van der Waals surface area (Å²) in [6.07, 6.45) is 0. The molecule has 1 nitrogen and oxygen atoms in total. The number of hydrogen-bond acceptors (Lipinski definition) is 2. The molecule has 1 aromatic heterocycles. The molecule has 0 saturated heterocycles. The summed E-state index contributed by atoms with van der Waals surface area (Å²) in [5.74, 6) is 0. The van der Waals surface area contributed by atoms with Crippen molar-refractivity contribution >= 4 is 48.6 Å². The molecule has 8 aromatic carbocycles. The van der Waals surface area contributed by atoms with Crippen molar-refractivity contribution < 1.29 is 0 Å². The first kappa shape index (κ1) is 30.6. The number of benzene rings is 8. The summed E-state index contributed by atoms with van der Waals surface area (Å²) in [5.41, 5.74) is 14.8. The maximum Gasteiger partial charge on any atom is 0.0468 e. The summed E-state index contributed by atoms with van der Waals surface area (Å²) in [6.45, 7) is 2.42. The van der Waals surface area contributed by atoms with Crippen LogP contribution in [0.15, 0.2) is 194 Å². The van der Waals surface area contributed by atoms with Crippen LogP contribution < -0.4 is 4.90 Å². The SMILES string of the molecule is CC1(c2cccc3c2sc2ccc(N(c4ccc(-c5ccccc5)cc4)c4ccc(-c5ccccc5)cc4)cc23)c2ccccc2-c2ccccc21. The van der Waals surface area contributed by atoms with Gasteiger partial charge in [-0.2, -0.15) is 0 Å². The zero-order valence-electron chi connectivity index (χ0n) is 28.8. The van der Waals surface area contributed by atoms with Crippen molar-refractivity contribution in [1.82, 2.24) is 0 Å². The second kappa shape index (κ2) is 12.2. The second-order valence-electron chi connectivity index (χ2n) is 13.8. The Morgan fingerprint density at radius 2 is 0.846 bits per heavy atom. The van der Waals surface area contributed by atoms with E-state index in [1.807, 2.05) is 11.3 Å². The highest BCUT2D eigenvalue weighted by Gasteiger charge is 2.41. The molecule has 1 heterocycles. The Bertz CT molecular complexity index is 2600. The largest absolute Gasteiger partial charge is 0.310 e. The van der Waals surface area contributed by atoms with Crippen LogP contribution in [0, 0.1) is 0 Å². The molecular formula is C50H35NS. The highest BCUT2D eigenvalue weighted by atomic mass is 32.1. The van der Waals surface area contributed by atoms with Gasteiger partial charge >= 0.3 is 0 Å². The Morgan fingerprint density at radius 1 is 0.385 bits per heavy atom. The minimum absolute atomic E-state index is 0.247. The van der Waals surface area contributed by atoms with Crippen molar-refractivity contribution in [3.63, 3.8) is 0 Å². The van der Waals surface area contributed by atoms with Gasteiger partial charge in [-0.1, -0.05) is 152 Å². The second-order valence-corrected chi connectivity index (χ2v) is 14.9. The molecule has 1 aliphatic rings. The molecule has 0 bridgehead atoms. The summed E-state index contributed by atoms with van der Waals surface area (Å²) in [7, 11) is 0. The van der Waals surface area contributed by atoms with Gasteiger partial charge in [-0.25, -0.2) is 0 Å². The zero-order chi connectivity index (χ0) is 34.6. The van der Waals surface area contributed by atoms with Crippen LogP contribution in [0.4, 0.5) is 17.1 Å². The average molecular weight is 682 g/mol. The molecule has 246 valence electrons. The van der Waals surface area contributed by atoms with Gasteiger partial charge in [0.15, 0.2) is 0 Å². The van der Waals surface area contributed by atoms with Crippen molar-refractivity contribution in [2.45, 2.75) is 12.3 Å². The van der Waals surface area contributed by atoms with E-state index in [9.17, 15) is 0 Å². The first-order valence-electron chi connectivity index (χ1n) is 17.9. The third-order valence-electron chi connectivity index (χ3n) is 11.0. The maximum atomic E-state index is 2.42. The molecule has 0 unspecified atom stereocenters. The summed E-state index contributed by atoms with van der Waals surface area (Å²) in [4.78, 5) is 2.39. The van der Waals surface area contributed by atoms with Crippen LogP contribution in [0.2, 0.25) is 0 Å². The average Bonchev–Trinajstić information content (AvgIpc) is 3.72. The van der Waals surface area contributed by atoms with Crippen molar-refractivity contribution in [3.8, 4) is 33.4 Å². The van der Waals surface area contributed by atoms with E-state index in [1.54, 1.807) is 0 Å². The molecule has 9 aromatic rings. The monoisotopic (exact) mass is 681 g/mol. The van der Waals surface area contributed by atoms with E-state index >= 15 is 0 Å². The maximum absolute atomic E-state index is 2.42. The van der Waals surface area contributed by atoms with E-state index in [4.69, 9.17) is 0 Å². The summed E-state index contributed by atoms with van der Waals surface area (Å²) >= 11 is 1.92. The molecule has 0 atom stereocenters. The molecule has 0 saturated carbocycles. The van der Waals surface area contributed by atoms with Gasteiger partial charge in [-0.15, -0.1) is 11.3 Å². The summed E-state index contributed by atoms with van der Waals surface area (Å²) in [5, 5.41) is 2.59. The van der Waals surface area contributed by atoms with E-state index in [0.29, 0.717) is 0 Å². The Kier molecular flexibility index (Phi) is 7.19. The molecule has 0 aliphatic heterocycles. The van der Waals surface area contributed by atoms with E-state index in [-0.39, 0.29) is 5.41 Å². The van der Waals surface area contributed by atoms with Gasteiger partial charge in [0.2, 0.25) is 0 Å². The number of hydrogen-bond donors (Lipinski definition) is 0. The third kappa shape index (κ3) is 4.83. The van der Waals surface area contributed by atoms with Crippen LogP contribution in [-0.4, -0.2) is 0 Å². The molecule has 0 spiro atoms. The van der Waals surface area contributed by atoms with Crippen molar-refractivity contribution in [1.29, 1.82) is 0 Å². The van der Waals surface area contributed by atoms with Crippen LogP contribution in [0.3, 0.4) is 0 Å². The van der Waals surface area contributed by atoms with Crippen molar-refractivity contribution in [2.24, 2.45) is 0 Å². The van der Waals surface area contributed by atoms with Gasteiger partial charge in [-0.05, 0) is 99.5 Å². The van der Waals surface area contributed by atoms with Crippen molar-refractivity contribution in [2.75, 3.05) is 4.90 Å². The number of anilines is 3. The van der Waals surface area contributed by atoms with Crippen LogP contribution in [-0.2, 0) is 5.41 Å². The van der Waals surface area contributed by atoms with Gasteiger partial charge in [0.25, 0.3) is 0 Å². The molecule has 2 heteroatoms. The van der Waals surface area contributed by atoms with Crippen LogP contribution in [0.1, 0.15) is 23.6 Å². The van der Waals surface area contributed by atoms with E-state index < -0.39 is 0 Å². The third-order valence-corrected chi connectivity index (χ3v) is 12.2. The molecular weight excluding hydrogens is 647 g/mol. The fourth-order valence-corrected chi connectivity index (χ4v) is 9.68. The zero-order valence-corrected chi connectivity index (χ0v) is 29.6. The lowest BCUT2D eigenvalue weighted by molar-refractivity contribution is 0.722. The lowest BCUT2D eigenvalue weighted by Gasteiger charge is -2.29. The standard InChI is InChI=1S/C50H35NS/c1-50(45-20-10-8-17-41(45)42-18-9-11-21-46(42)50)47-22-12-19-43-44-33-40(31-32-48(44)52-49(43)47)51(38-27-23-36(24-28-38)34-13-4-2-5-14-34)39-29-25-37(26-30-39)35-15-6-3-7-16-35/h2-33H,1H3. The number of nitrogens with zero attached hydrogens (tertiary/aromatic N) is 1. The number of thiophene rings is 1. The van der Waals surface area contributed by atoms with Crippen LogP contribution in [0.5, 0.6) is 0 Å². The van der Waals surface area contributed by atoms with E-state index in [2.05, 4.69) is 206 Å². The van der Waals surface area contributed by atoms with Gasteiger partial charge in [0.05, 0.1) is 0 Å². The molecule has 0 N–H and O–H groups in total. The highest BCUT2D eigenvalue weighted by molar-refractivity contribution is 7.26. The fraction of sp³-hybridized carbons (Fsp3) is 0.0400. The van der Waals surface area contributed by atoms with Gasteiger partial charge in [0, 0.05) is 42.6 Å². The predicted octanol–water partition coefficient (Wildman–Crippen LogP) is 14.2. The lowest BCUT2D eigenvalue weighted by atomic mass is 9.74. The molecule has 0 amide bonds. The van der Waals surface area contributed by atoms with Crippen LogP contribution in [0.25, 0.3) is 53.6 Å². The predicted molar refractivity (Wildman–Crippen MR) is 222 cm³/mol.